The van der Waals surface area contributed by atoms with E-state index in [1.54, 1.807) is 37.4 Å². The summed E-state index contributed by atoms with van der Waals surface area (Å²) in [6.45, 7) is 0. The second-order valence-electron chi connectivity index (χ2n) is 5.26. The number of alkyl halides is 2. The highest BCUT2D eigenvalue weighted by atomic mass is 19.3. The van der Waals surface area contributed by atoms with Crippen LogP contribution in [0.1, 0.15) is 22.5 Å². The Bertz CT molecular complexity index is 935. The van der Waals surface area contributed by atoms with Gasteiger partial charge in [-0.1, -0.05) is 24.3 Å². The molecule has 3 rings (SSSR count). The number of hydrogen-bond acceptors (Lipinski definition) is 3. The molecule has 0 saturated heterocycles. The molecule has 2 N–H and O–H groups in total. The number of methoxy groups -OCH3 is 1. The van der Waals surface area contributed by atoms with Crippen LogP contribution in [-0.4, -0.2) is 22.8 Å². The Kier molecular flexibility index (Phi) is 3.92. The average molecular weight is 331 g/mol. The van der Waals surface area contributed by atoms with Crippen LogP contribution in [0, 0.1) is 0 Å². The first-order valence-corrected chi connectivity index (χ1v) is 7.16. The molecule has 0 radical (unpaired) electrons. The van der Waals surface area contributed by atoms with E-state index in [0.29, 0.717) is 27.8 Å². The van der Waals surface area contributed by atoms with Crippen LogP contribution in [-0.2, 0) is 7.05 Å². The molecule has 0 bridgehead atoms. The summed E-state index contributed by atoms with van der Waals surface area (Å²) in [5, 5.41) is 4.63. The summed E-state index contributed by atoms with van der Waals surface area (Å²) in [6.07, 6.45) is -2.63. The third-order valence-electron chi connectivity index (χ3n) is 3.88. The van der Waals surface area contributed by atoms with Crippen molar-refractivity contribution in [3.63, 3.8) is 0 Å². The second-order valence-corrected chi connectivity index (χ2v) is 5.26. The molecule has 1 amide bonds. The molecule has 0 aliphatic rings. The van der Waals surface area contributed by atoms with E-state index in [0.717, 1.165) is 0 Å². The molecular weight excluding hydrogens is 316 g/mol. The van der Waals surface area contributed by atoms with Crippen molar-refractivity contribution in [2.24, 2.45) is 12.8 Å². The lowest BCUT2D eigenvalue weighted by Gasteiger charge is -2.14. The van der Waals surface area contributed by atoms with Crippen molar-refractivity contribution in [2.45, 2.75) is 6.43 Å². The minimum absolute atomic E-state index is 0.111. The fraction of sp³-hybridized carbons (Fsp3) is 0.176. The van der Waals surface area contributed by atoms with Gasteiger partial charge in [0.05, 0.1) is 18.0 Å². The molecular formula is C17H15F2N3O2. The standard InChI is InChI=1S/C17H15F2N3O2/c1-22-14(17(20)23)13-12(21-22)8-7-10(15(13)24-2)9-5-3-4-6-11(9)16(18)19/h3-8,16H,1-2H3,(H2,20,23). The van der Waals surface area contributed by atoms with Crippen molar-refractivity contribution < 1.29 is 18.3 Å². The quantitative estimate of drug-likeness (QED) is 0.797. The van der Waals surface area contributed by atoms with Crippen LogP contribution in [0.3, 0.4) is 0 Å². The van der Waals surface area contributed by atoms with E-state index < -0.39 is 12.3 Å². The zero-order valence-corrected chi connectivity index (χ0v) is 13.1. The van der Waals surface area contributed by atoms with Crippen LogP contribution in [0.25, 0.3) is 22.0 Å². The number of fused-ring (bicyclic) bond motifs is 1. The van der Waals surface area contributed by atoms with Gasteiger partial charge in [0.15, 0.2) is 0 Å². The summed E-state index contributed by atoms with van der Waals surface area (Å²) in [5.41, 5.74) is 6.79. The van der Waals surface area contributed by atoms with Gasteiger partial charge in [-0.05, 0) is 17.7 Å². The predicted octanol–water partition coefficient (Wildman–Crippen LogP) is 3.29. The molecule has 0 unspecified atom stereocenters. The average Bonchev–Trinajstić information content (AvgIpc) is 2.89. The molecule has 0 atom stereocenters. The highest BCUT2D eigenvalue weighted by Gasteiger charge is 2.23. The number of aromatic nitrogens is 2. The van der Waals surface area contributed by atoms with Gasteiger partial charge in [0, 0.05) is 18.2 Å². The first kappa shape index (κ1) is 15.9. The van der Waals surface area contributed by atoms with Gasteiger partial charge in [0.1, 0.15) is 11.4 Å². The summed E-state index contributed by atoms with van der Waals surface area (Å²) < 4.78 is 33.5. The van der Waals surface area contributed by atoms with Gasteiger partial charge in [-0.25, -0.2) is 8.78 Å². The maximum Gasteiger partial charge on any atom is 0.267 e. The maximum absolute atomic E-state index is 13.3. The first-order chi connectivity index (χ1) is 11.5. The van der Waals surface area contributed by atoms with Crippen molar-refractivity contribution in [3.8, 4) is 16.9 Å². The maximum atomic E-state index is 13.3. The number of aryl methyl sites for hydroxylation is 1. The topological polar surface area (TPSA) is 70.1 Å². The number of nitrogens with zero attached hydrogens (tertiary/aromatic N) is 2. The third-order valence-corrected chi connectivity index (χ3v) is 3.88. The molecule has 0 fully saturated rings. The van der Waals surface area contributed by atoms with Crippen molar-refractivity contribution >= 4 is 16.8 Å². The number of primary amides is 1. The molecule has 0 aliphatic carbocycles. The molecule has 124 valence electrons. The summed E-state index contributed by atoms with van der Waals surface area (Å²) in [6, 6.07) is 9.48. The van der Waals surface area contributed by atoms with Crippen LogP contribution in [0.15, 0.2) is 36.4 Å². The summed E-state index contributed by atoms with van der Waals surface area (Å²) in [4.78, 5) is 11.8. The molecule has 1 heterocycles. The zero-order chi connectivity index (χ0) is 17.4. The number of benzene rings is 2. The van der Waals surface area contributed by atoms with Crippen LogP contribution >= 0.6 is 0 Å². The molecule has 2 aromatic carbocycles. The Morgan fingerprint density at radius 1 is 1.21 bits per heavy atom. The molecule has 24 heavy (non-hydrogen) atoms. The van der Waals surface area contributed by atoms with Gasteiger partial charge in [-0.15, -0.1) is 0 Å². The normalized spacial score (nSPS) is 11.2. The molecule has 1 aromatic heterocycles. The zero-order valence-electron chi connectivity index (χ0n) is 13.1. The smallest absolute Gasteiger partial charge is 0.267 e. The Labute approximate surface area is 136 Å². The SMILES string of the molecule is COc1c(-c2ccccc2C(F)F)ccc2nn(C)c(C(N)=O)c12. The van der Waals surface area contributed by atoms with Crippen LogP contribution in [0.2, 0.25) is 0 Å². The van der Waals surface area contributed by atoms with Crippen molar-refractivity contribution in [1.29, 1.82) is 0 Å². The van der Waals surface area contributed by atoms with E-state index in [9.17, 15) is 13.6 Å². The molecule has 0 spiro atoms. The predicted molar refractivity (Wildman–Crippen MR) is 86.2 cm³/mol. The Balaban J connectivity index is 2.39. The lowest BCUT2D eigenvalue weighted by molar-refractivity contribution is 0.0992. The highest BCUT2D eigenvalue weighted by Crippen LogP contribution is 2.41. The van der Waals surface area contributed by atoms with Gasteiger partial charge < -0.3 is 10.5 Å². The number of carbonyl (C=O) groups excluding carboxylic acids is 1. The van der Waals surface area contributed by atoms with Crippen molar-refractivity contribution in [3.05, 3.63) is 47.7 Å². The Hall–Kier alpha value is -2.96. The van der Waals surface area contributed by atoms with Crippen LogP contribution in [0.5, 0.6) is 5.75 Å². The number of nitrogens with two attached hydrogens (primary N) is 1. The van der Waals surface area contributed by atoms with Gasteiger partial charge >= 0.3 is 0 Å². The van der Waals surface area contributed by atoms with Gasteiger partial charge in [0.25, 0.3) is 12.3 Å². The lowest BCUT2D eigenvalue weighted by atomic mass is 9.97. The van der Waals surface area contributed by atoms with E-state index in [4.69, 9.17) is 10.5 Å². The number of halogens is 2. The van der Waals surface area contributed by atoms with Crippen LogP contribution < -0.4 is 10.5 Å². The summed E-state index contributed by atoms with van der Waals surface area (Å²) in [7, 11) is 3.01. The number of ether oxygens (including phenoxy) is 1. The molecule has 0 aliphatic heterocycles. The van der Waals surface area contributed by atoms with E-state index in [1.807, 2.05) is 0 Å². The van der Waals surface area contributed by atoms with Crippen molar-refractivity contribution in [2.75, 3.05) is 7.11 Å². The molecule has 5 nitrogen and oxygen atoms in total. The fourth-order valence-electron chi connectivity index (χ4n) is 2.90. The van der Waals surface area contributed by atoms with E-state index in [-0.39, 0.29) is 11.3 Å². The second kappa shape index (κ2) is 5.92. The third kappa shape index (κ3) is 2.38. The molecule has 3 aromatic rings. The molecule has 7 heteroatoms. The number of amides is 1. The van der Waals surface area contributed by atoms with Crippen LogP contribution in [0.4, 0.5) is 8.78 Å². The van der Waals surface area contributed by atoms with E-state index >= 15 is 0 Å². The Morgan fingerprint density at radius 2 is 1.92 bits per heavy atom. The van der Waals surface area contributed by atoms with Gasteiger partial charge in [-0.2, -0.15) is 5.10 Å². The number of carbonyl (C=O) groups is 1. The number of rotatable bonds is 4. The minimum atomic E-state index is -2.63. The van der Waals surface area contributed by atoms with Gasteiger partial charge in [0.2, 0.25) is 0 Å². The van der Waals surface area contributed by atoms with Crippen molar-refractivity contribution in [1.82, 2.24) is 9.78 Å². The minimum Gasteiger partial charge on any atom is -0.495 e. The fourth-order valence-corrected chi connectivity index (χ4v) is 2.90. The summed E-state index contributed by atoms with van der Waals surface area (Å²) in [5.74, 6) is -0.375. The number of hydrogen-bond donors (Lipinski definition) is 1. The summed E-state index contributed by atoms with van der Waals surface area (Å²) >= 11 is 0. The largest absolute Gasteiger partial charge is 0.495 e. The Morgan fingerprint density at radius 3 is 2.54 bits per heavy atom. The molecule has 0 saturated carbocycles. The van der Waals surface area contributed by atoms with E-state index in [2.05, 4.69) is 5.10 Å². The highest BCUT2D eigenvalue weighted by molar-refractivity contribution is 6.08. The van der Waals surface area contributed by atoms with Gasteiger partial charge in [-0.3, -0.25) is 9.48 Å². The first-order valence-electron chi connectivity index (χ1n) is 7.16. The van der Waals surface area contributed by atoms with E-state index in [1.165, 1.54) is 17.9 Å². The monoisotopic (exact) mass is 331 g/mol. The lowest BCUT2D eigenvalue weighted by Crippen LogP contribution is -2.16.